The number of nitrogens with one attached hydrogen (secondary N) is 1. The highest BCUT2D eigenvalue weighted by Crippen LogP contribution is 2.53. The quantitative estimate of drug-likeness (QED) is 0.693. The largest absolute Gasteiger partial charge is 0.353 e. The van der Waals surface area contributed by atoms with E-state index >= 15 is 0 Å². The van der Waals surface area contributed by atoms with Crippen LogP contribution < -0.4 is 5.32 Å². The molecule has 3 bridgehead atoms. The molecule has 3 saturated carbocycles. The molecule has 152 valence electrons. The summed E-state index contributed by atoms with van der Waals surface area (Å²) in [7, 11) is 0. The molecule has 6 atom stereocenters. The lowest BCUT2D eigenvalue weighted by Gasteiger charge is -2.28. The van der Waals surface area contributed by atoms with Crippen LogP contribution in [-0.2, 0) is 4.79 Å². The van der Waals surface area contributed by atoms with Crippen molar-refractivity contribution in [3.8, 4) is 0 Å². The Balaban J connectivity index is 1.18. The molecule has 5 unspecified atom stereocenters. The smallest absolute Gasteiger partial charge is 0.221 e. The average Bonchev–Trinajstić information content (AvgIpc) is 3.18. The average molecular weight is 399 g/mol. The minimum atomic E-state index is 0.299. The van der Waals surface area contributed by atoms with E-state index in [-0.39, 0.29) is 0 Å². The predicted molar refractivity (Wildman–Crippen MR) is 115 cm³/mol. The number of fused-ring (bicyclic) bond motifs is 2. The Morgan fingerprint density at radius 1 is 1.14 bits per heavy atom. The summed E-state index contributed by atoms with van der Waals surface area (Å²) in [5.41, 5.74) is 1.30. The molecule has 0 aromatic heterocycles. The van der Waals surface area contributed by atoms with Crippen LogP contribution in [0.15, 0.2) is 29.2 Å². The highest BCUT2D eigenvalue weighted by molar-refractivity contribution is 7.97. The molecule has 1 saturated heterocycles. The summed E-state index contributed by atoms with van der Waals surface area (Å²) in [5.74, 6) is 3.88. The Hall–Kier alpha value is -1.00. The van der Waals surface area contributed by atoms with Gasteiger partial charge in [-0.1, -0.05) is 12.1 Å². The van der Waals surface area contributed by atoms with Crippen molar-refractivity contribution in [3.05, 3.63) is 29.8 Å². The summed E-state index contributed by atoms with van der Waals surface area (Å²) in [5, 5.41) is 3.52. The van der Waals surface area contributed by atoms with Crippen LogP contribution in [0.1, 0.15) is 63.4 Å². The van der Waals surface area contributed by atoms with Crippen molar-refractivity contribution in [1.29, 1.82) is 0 Å². The molecule has 28 heavy (non-hydrogen) atoms. The third-order valence-electron chi connectivity index (χ3n) is 7.86. The molecule has 1 aliphatic heterocycles. The summed E-state index contributed by atoms with van der Waals surface area (Å²) in [6.45, 7) is 3.24. The Kier molecular flexibility index (Phi) is 5.44. The Bertz CT molecular complexity index is 722. The van der Waals surface area contributed by atoms with Crippen LogP contribution in [0.25, 0.3) is 0 Å². The van der Waals surface area contributed by atoms with Crippen molar-refractivity contribution in [1.82, 2.24) is 9.62 Å². The van der Waals surface area contributed by atoms with E-state index in [0.717, 1.165) is 36.6 Å². The van der Waals surface area contributed by atoms with Gasteiger partial charge < -0.3 is 5.32 Å². The number of hydrogen-bond donors (Lipinski definition) is 1. The number of nitrogens with zero attached hydrogens (tertiary/aromatic N) is 1. The fourth-order valence-electron chi connectivity index (χ4n) is 6.69. The molecular weight excluding hydrogens is 364 g/mol. The zero-order valence-electron chi connectivity index (χ0n) is 17.1. The molecule has 4 fully saturated rings. The molecule has 4 aliphatic rings. The maximum Gasteiger partial charge on any atom is 0.221 e. The van der Waals surface area contributed by atoms with Gasteiger partial charge in [-0.3, -0.25) is 4.79 Å². The fourth-order valence-corrected chi connectivity index (χ4v) is 7.89. The van der Waals surface area contributed by atoms with Gasteiger partial charge in [-0.2, -0.15) is 0 Å². The first-order valence-corrected chi connectivity index (χ1v) is 12.2. The van der Waals surface area contributed by atoms with Crippen LogP contribution in [0.2, 0.25) is 0 Å². The summed E-state index contributed by atoms with van der Waals surface area (Å²) >= 11 is 1.84. The predicted octanol–water partition coefficient (Wildman–Crippen LogP) is 5.19. The standard InChI is InChI=1S/C24H34N2OS/c1-16-4-2-6-21(10-16)28-26-9-3-5-20(26)15-24(27)25-23-8-7-17-11-18-13-19(12-17)22(23)14-18/h2,4,6,10,17-20,22-23H,3,5,7-9,11-15H2,1H3,(H,25,27)/t17?,18?,19?,20-,22?,23?/m1/s1. The van der Waals surface area contributed by atoms with Gasteiger partial charge in [0, 0.05) is 29.9 Å². The topological polar surface area (TPSA) is 32.3 Å². The highest BCUT2D eigenvalue weighted by Gasteiger charge is 2.46. The normalized spacial score (nSPS) is 37.2. The molecule has 0 radical (unpaired) electrons. The van der Waals surface area contributed by atoms with Crippen molar-refractivity contribution >= 4 is 17.9 Å². The summed E-state index contributed by atoms with van der Waals surface area (Å²) in [4.78, 5) is 14.3. The van der Waals surface area contributed by atoms with Crippen molar-refractivity contribution in [2.75, 3.05) is 6.54 Å². The first-order chi connectivity index (χ1) is 13.6. The number of hydrogen-bond acceptors (Lipinski definition) is 3. The molecule has 1 N–H and O–H groups in total. The molecule has 5 rings (SSSR count). The molecule has 1 heterocycles. The van der Waals surface area contributed by atoms with Crippen molar-refractivity contribution < 1.29 is 4.79 Å². The molecule has 3 nitrogen and oxygen atoms in total. The molecule has 4 heteroatoms. The van der Waals surface area contributed by atoms with Crippen LogP contribution in [0.3, 0.4) is 0 Å². The minimum absolute atomic E-state index is 0.299. The molecule has 1 amide bonds. The lowest BCUT2D eigenvalue weighted by Crippen LogP contribution is -2.43. The van der Waals surface area contributed by atoms with E-state index in [1.165, 1.54) is 55.4 Å². The zero-order chi connectivity index (χ0) is 19.1. The monoisotopic (exact) mass is 398 g/mol. The van der Waals surface area contributed by atoms with Gasteiger partial charge in [0.1, 0.15) is 0 Å². The Labute approximate surface area is 174 Å². The van der Waals surface area contributed by atoms with E-state index in [9.17, 15) is 4.79 Å². The Morgan fingerprint density at radius 2 is 2.04 bits per heavy atom. The number of benzene rings is 1. The van der Waals surface area contributed by atoms with E-state index in [1.54, 1.807) is 0 Å². The van der Waals surface area contributed by atoms with Gasteiger partial charge in [0.25, 0.3) is 0 Å². The Morgan fingerprint density at radius 3 is 2.93 bits per heavy atom. The minimum Gasteiger partial charge on any atom is -0.353 e. The molecule has 3 aliphatic carbocycles. The second kappa shape index (κ2) is 8.02. The van der Waals surface area contributed by atoms with E-state index in [0.29, 0.717) is 24.4 Å². The van der Waals surface area contributed by atoms with Gasteiger partial charge in [0.05, 0.1) is 0 Å². The van der Waals surface area contributed by atoms with Crippen LogP contribution >= 0.6 is 11.9 Å². The summed E-state index contributed by atoms with van der Waals surface area (Å²) in [6, 6.07) is 9.54. The van der Waals surface area contributed by atoms with Crippen LogP contribution in [-0.4, -0.2) is 28.8 Å². The van der Waals surface area contributed by atoms with Crippen LogP contribution in [0.4, 0.5) is 0 Å². The number of carbonyl (C=O) groups excluding carboxylic acids is 1. The van der Waals surface area contributed by atoms with E-state index in [2.05, 4.69) is 40.8 Å². The molecular formula is C24H34N2OS. The maximum atomic E-state index is 13.0. The first-order valence-electron chi connectivity index (χ1n) is 11.4. The van der Waals surface area contributed by atoms with Gasteiger partial charge in [0.2, 0.25) is 5.91 Å². The van der Waals surface area contributed by atoms with Gasteiger partial charge in [-0.15, -0.1) is 0 Å². The molecule has 1 aromatic rings. The van der Waals surface area contributed by atoms with Gasteiger partial charge in [0.15, 0.2) is 0 Å². The number of rotatable bonds is 5. The summed E-state index contributed by atoms with van der Waals surface area (Å²) in [6.07, 6.45) is 11.3. The van der Waals surface area contributed by atoms with Crippen LogP contribution in [0.5, 0.6) is 0 Å². The molecule has 1 aromatic carbocycles. The van der Waals surface area contributed by atoms with E-state index in [4.69, 9.17) is 0 Å². The van der Waals surface area contributed by atoms with Gasteiger partial charge in [-0.25, -0.2) is 4.31 Å². The third-order valence-corrected chi connectivity index (χ3v) is 9.04. The lowest BCUT2D eigenvalue weighted by atomic mass is 9.80. The maximum absolute atomic E-state index is 13.0. The second-order valence-electron chi connectivity index (χ2n) is 9.90. The second-order valence-corrected chi connectivity index (χ2v) is 11.0. The highest BCUT2D eigenvalue weighted by atomic mass is 32.2. The first kappa shape index (κ1) is 19.0. The number of amides is 1. The van der Waals surface area contributed by atoms with Crippen LogP contribution in [0, 0.1) is 30.6 Å². The van der Waals surface area contributed by atoms with Gasteiger partial charge in [-0.05, 0) is 112 Å². The molecule has 0 spiro atoms. The lowest BCUT2D eigenvalue weighted by molar-refractivity contribution is -0.123. The number of aryl methyl sites for hydroxylation is 1. The van der Waals surface area contributed by atoms with Crippen molar-refractivity contribution in [2.45, 2.75) is 81.7 Å². The zero-order valence-corrected chi connectivity index (χ0v) is 17.9. The number of carbonyl (C=O) groups is 1. The third kappa shape index (κ3) is 4.00. The SMILES string of the molecule is Cc1cccc(SN2CCC[C@@H]2CC(=O)NC2CCC3CC4CC(C3)C2C4)c1. The summed E-state index contributed by atoms with van der Waals surface area (Å²) < 4.78 is 2.45. The van der Waals surface area contributed by atoms with Crippen molar-refractivity contribution in [2.24, 2.45) is 23.7 Å². The van der Waals surface area contributed by atoms with Crippen molar-refractivity contribution in [3.63, 3.8) is 0 Å². The van der Waals surface area contributed by atoms with Gasteiger partial charge >= 0.3 is 0 Å². The van der Waals surface area contributed by atoms with E-state index < -0.39 is 0 Å². The van der Waals surface area contributed by atoms with E-state index in [1.807, 2.05) is 11.9 Å². The fraction of sp³-hybridized carbons (Fsp3) is 0.708.